The number of hydrogen-bond acceptors (Lipinski definition) is 1. The van der Waals surface area contributed by atoms with Crippen molar-refractivity contribution in [1.29, 1.82) is 0 Å². The first kappa shape index (κ1) is 14.8. The zero-order valence-corrected chi connectivity index (χ0v) is 12.8. The fourth-order valence-corrected chi connectivity index (χ4v) is 2.57. The van der Waals surface area contributed by atoms with Gasteiger partial charge in [0.15, 0.2) is 0 Å². The number of hydrogen-bond donors (Lipinski definition) is 1. The fourth-order valence-electron chi connectivity index (χ4n) is 2.57. The zero-order chi connectivity index (χ0) is 14.5. The molecule has 2 aromatic rings. The lowest BCUT2D eigenvalue weighted by atomic mass is 9.93. The first-order valence-electron chi connectivity index (χ1n) is 7.67. The van der Waals surface area contributed by atoms with Crippen molar-refractivity contribution in [2.24, 2.45) is 5.73 Å². The maximum absolute atomic E-state index is 6.08. The fraction of sp³-hybridized carbons (Fsp3) is 0.368. The molecule has 1 heteroatoms. The van der Waals surface area contributed by atoms with Crippen molar-refractivity contribution in [3.63, 3.8) is 0 Å². The molecule has 0 radical (unpaired) electrons. The molecule has 0 aromatic heterocycles. The monoisotopic (exact) mass is 267 g/mol. The molecule has 1 unspecified atom stereocenters. The second-order valence-corrected chi connectivity index (χ2v) is 5.34. The van der Waals surface area contributed by atoms with E-state index in [-0.39, 0.29) is 6.04 Å². The summed E-state index contributed by atoms with van der Waals surface area (Å²) in [5.41, 5.74) is 12.8. The molecule has 0 heterocycles. The van der Waals surface area contributed by atoms with Crippen LogP contribution in [0.5, 0.6) is 0 Å². The van der Waals surface area contributed by atoms with Crippen molar-refractivity contribution in [3.8, 4) is 11.1 Å². The minimum Gasteiger partial charge on any atom is -0.324 e. The van der Waals surface area contributed by atoms with Gasteiger partial charge in [-0.05, 0) is 47.1 Å². The molecule has 2 rings (SSSR count). The molecular formula is C19H25N. The van der Waals surface area contributed by atoms with Gasteiger partial charge in [-0.25, -0.2) is 0 Å². The minimum atomic E-state index is 0.150. The largest absolute Gasteiger partial charge is 0.324 e. The lowest BCUT2D eigenvalue weighted by molar-refractivity contribution is 0.699. The molecule has 1 atom stereocenters. The Kier molecular flexibility index (Phi) is 4.97. The van der Waals surface area contributed by atoms with Gasteiger partial charge in [-0.3, -0.25) is 0 Å². The lowest BCUT2D eigenvalue weighted by Crippen LogP contribution is -2.08. The maximum Gasteiger partial charge on any atom is 0.0292 e. The van der Waals surface area contributed by atoms with E-state index in [9.17, 15) is 0 Å². The predicted molar refractivity (Wildman–Crippen MR) is 87.9 cm³/mol. The third-order valence-electron chi connectivity index (χ3n) is 4.05. The van der Waals surface area contributed by atoms with Crippen LogP contribution in [0.3, 0.4) is 0 Å². The van der Waals surface area contributed by atoms with Crippen LogP contribution in [0.4, 0.5) is 0 Å². The molecule has 0 saturated carbocycles. The highest BCUT2D eigenvalue weighted by atomic mass is 14.6. The van der Waals surface area contributed by atoms with Crippen molar-refractivity contribution < 1.29 is 0 Å². The van der Waals surface area contributed by atoms with E-state index in [0.29, 0.717) is 0 Å². The van der Waals surface area contributed by atoms with Crippen molar-refractivity contribution in [2.75, 3.05) is 0 Å². The van der Waals surface area contributed by atoms with Gasteiger partial charge in [0, 0.05) is 6.04 Å². The Morgan fingerprint density at radius 2 is 1.60 bits per heavy atom. The molecular weight excluding hydrogens is 242 g/mol. The van der Waals surface area contributed by atoms with E-state index in [1.165, 1.54) is 27.8 Å². The summed E-state index contributed by atoms with van der Waals surface area (Å²) < 4.78 is 0. The average Bonchev–Trinajstić information content (AvgIpc) is 2.53. The van der Waals surface area contributed by atoms with Gasteiger partial charge in [0.2, 0.25) is 0 Å². The van der Waals surface area contributed by atoms with E-state index < -0.39 is 0 Å². The first-order chi connectivity index (χ1) is 9.69. The Labute approximate surface area is 122 Å². The lowest BCUT2D eigenvalue weighted by Gasteiger charge is -2.13. The van der Waals surface area contributed by atoms with Crippen LogP contribution in [0.15, 0.2) is 42.5 Å². The average molecular weight is 267 g/mol. The van der Waals surface area contributed by atoms with Gasteiger partial charge in [0.25, 0.3) is 0 Å². The minimum absolute atomic E-state index is 0.150. The zero-order valence-electron chi connectivity index (χ0n) is 12.8. The van der Waals surface area contributed by atoms with Crippen LogP contribution in [0.25, 0.3) is 11.1 Å². The normalized spacial score (nSPS) is 12.4. The number of rotatable bonds is 5. The van der Waals surface area contributed by atoms with Crippen LogP contribution in [0, 0.1) is 0 Å². The predicted octanol–water partition coefficient (Wildman–Crippen LogP) is 4.89. The summed E-state index contributed by atoms with van der Waals surface area (Å²) >= 11 is 0. The van der Waals surface area contributed by atoms with Crippen molar-refractivity contribution >= 4 is 0 Å². The van der Waals surface area contributed by atoms with Crippen LogP contribution in [-0.4, -0.2) is 0 Å². The van der Waals surface area contributed by atoms with Gasteiger partial charge in [-0.1, -0.05) is 63.2 Å². The van der Waals surface area contributed by atoms with Crippen LogP contribution < -0.4 is 5.73 Å². The van der Waals surface area contributed by atoms with E-state index in [1.54, 1.807) is 0 Å². The van der Waals surface area contributed by atoms with Gasteiger partial charge in [0.05, 0.1) is 0 Å². The van der Waals surface area contributed by atoms with E-state index in [4.69, 9.17) is 5.73 Å². The molecule has 0 bridgehead atoms. The first-order valence-corrected chi connectivity index (χ1v) is 7.67. The van der Waals surface area contributed by atoms with Crippen LogP contribution in [-0.2, 0) is 12.8 Å². The van der Waals surface area contributed by atoms with Gasteiger partial charge in [-0.15, -0.1) is 0 Å². The van der Waals surface area contributed by atoms with E-state index in [2.05, 4.69) is 63.2 Å². The molecule has 0 saturated heterocycles. The van der Waals surface area contributed by atoms with Gasteiger partial charge in [-0.2, -0.15) is 0 Å². The quantitative estimate of drug-likeness (QED) is 0.820. The standard InChI is InChI=1S/C19H25N/c1-4-14-7-8-15(5-2)18(13-14)16-9-11-17(12-10-16)19(20)6-3/h7-13,19H,4-6,20H2,1-3H3. The van der Waals surface area contributed by atoms with Crippen molar-refractivity contribution in [2.45, 2.75) is 46.1 Å². The maximum atomic E-state index is 6.08. The molecule has 20 heavy (non-hydrogen) atoms. The topological polar surface area (TPSA) is 26.0 Å². The molecule has 0 fully saturated rings. The second-order valence-electron chi connectivity index (χ2n) is 5.34. The number of aryl methyl sites for hydroxylation is 2. The summed E-state index contributed by atoms with van der Waals surface area (Å²) in [6, 6.07) is 15.7. The summed E-state index contributed by atoms with van der Waals surface area (Å²) in [5, 5.41) is 0. The summed E-state index contributed by atoms with van der Waals surface area (Å²) in [5.74, 6) is 0. The third kappa shape index (κ3) is 3.10. The van der Waals surface area contributed by atoms with Gasteiger partial charge in [0.1, 0.15) is 0 Å². The molecule has 0 aliphatic rings. The summed E-state index contributed by atoms with van der Waals surface area (Å²) in [7, 11) is 0. The molecule has 106 valence electrons. The van der Waals surface area contributed by atoms with Gasteiger partial charge < -0.3 is 5.73 Å². The Balaban J connectivity index is 2.40. The highest BCUT2D eigenvalue weighted by molar-refractivity contribution is 5.68. The van der Waals surface area contributed by atoms with Crippen molar-refractivity contribution in [1.82, 2.24) is 0 Å². The summed E-state index contributed by atoms with van der Waals surface area (Å²) in [4.78, 5) is 0. The molecule has 2 aromatic carbocycles. The molecule has 1 nitrogen and oxygen atoms in total. The number of benzene rings is 2. The molecule has 0 spiro atoms. The Bertz CT molecular complexity index is 554. The highest BCUT2D eigenvalue weighted by Crippen LogP contribution is 2.27. The van der Waals surface area contributed by atoms with E-state index in [1.807, 2.05) is 0 Å². The molecule has 0 aliphatic heterocycles. The number of nitrogens with two attached hydrogens (primary N) is 1. The molecule has 2 N–H and O–H groups in total. The van der Waals surface area contributed by atoms with Crippen molar-refractivity contribution in [3.05, 3.63) is 59.2 Å². The second kappa shape index (κ2) is 6.71. The SMILES string of the molecule is CCc1ccc(CC)c(-c2ccc(C(N)CC)cc2)c1. The van der Waals surface area contributed by atoms with Crippen LogP contribution in [0.1, 0.15) is 49.9 Å². The van der Waals surface area contributed by atoms with Crippen LogP contribution >= 0.6 is 0 Å². The highest BCUT2D eigenvalue weighted by Gasteiger charge is 2.07. The Hall–Kier alpha value is -1.60. The van der Waals surface area contributed by atoms with E-state index in [0.717, 1.165) is 19.3 Å². The molecule has 0 amide bonds. The molecule has 0 aliphatic carbocycles. The van der Waals surface area contributed by atoms with Crippen LogP contribution in [0.2, 0.25) is 0 Å². The Morgan fingerprint density at radius 3 is 2.15 bits per heavy atom. The van der Waals surface area contributed by atoms with Gasteiger partial charge >= 0.3 is 0 Å². The third-order valence-corrected chi connectivity index (χ3v) is 4.05. The summed E-state index contributed by atoms with van der Waals surface area (Å²) in [6.07, 6.45) is 3.12. The summed E-state index contributed by atoms with van der Waals surface area (Å²) in [6.45, 7) is 6.54. The van der Waals surface area contributed by atoms with E-state index >= 15 is 0 Å². The smallest absolute Gasteiger partial charge is 0.0292 e. The Morgan fingerprint density at radius 1 is 0.900 bits per heavy atom.